The Hall–Kier alpha value is -3.54. The summed E-state index contributed by atoms with van der Waals surface area (Å²) < 4.78 is 5.51. The number of nitrogens with zero attached hydrogens (tertiary/aromatic N) is 4. The van der Waals surface area contributed by atoms with Crippen molar-refractivity contribution in [2.45, 2.75) is 20.0 Å². The van der Waals surface area contributed by atoms with Gasteiger partial charge in [0.15, 0.2) is 6.29 Å². The largest absolute Gasteiger partial charge is 0.489 e. The first-order chi connectivity index (χ1) is 11.5. The topological polar surface area (TPSA) is 130 Å². The molecule has 0 fully saturated rings. The zero-order valence-corrected chi connectivity index (χ0v) is 13.0. The third kappa shape index (κ3) is 4.48. The van der Waals surface area contributed by atoms with Crippen molar-refractivity contribution in [2.75, 3.05) is 10.6 Å². The molecule has 2 aromatic rings. The SMILES string of the molecule is CC(C)Oc1cc(NC(=O)Nc2nccc(C=O)n2)ncc1C#N. The number of ether oxygens (including phenoxy) is 1. The molecular weight excluding hydrogens is 312 g/mol. The van der Waals surface area contributed by atoms with Crippen LogP contribution in [0.15, 0.2) is 24.5 Å². The number of hydrogen-bond donors (Lipinski definition) is 2. The number of urea groups is 1. The Bertz CT molecular complexity index is 800. The molecule has 0 radical (unpaired) electrons. The van der Waals surface area contributed by atoms with Crippen LogP contribution in [-0.4, -0.2) is 33.4 Å². The number of pyridine rings is 1. The lowest BCUT2D eigenvalue weighted by atomic mass is 10.2. The molecule has 2 N–H and O–H groups in total. The minimum atomic E-state index is -0.647. The van der Waals surface area contributed by atoms with Crippen LogP contribution < -0.4 is 15.4 Å². The highest BCUT2D eigenvalue weighted by molar-refractivity contribution is 5.98. The minimum Gasteiger partial charge on any atom is -0.489 e. The van der Waals surface area contributed by atoms with Gasteiger partial charge < -0.3 is 4.74 Å². The van der Waals surface area contributed by atoms with Crippen LogP contribution in [0, 0.1) is 11.3 Å². The maximum Gasteiger partial charge on any atom is 0.327 e. The van der Waals surface area contributed by atoms with E-state index in [0.29, 0.717) is 12.0 Å². The van der Waals surface area contributed by atoms with Crippen LogP contribution in [0.3, 0.4) is 0 Å². The van der Waals surface area contributed by atoms with Gasteiger partial charge in [-0.25, -0.2) is 19.7 Å². The van der Waals surface area contributed by atoms with Crippen molar-refractivity contribution in [1.82, 2.24) is 15.0 Å². The van der Waals surface area contributed by atoms with Crippen LogP contribution >= 0.6 is 0 Å². The van der Waals surface area contributed by atoms with Gasteiger partial charge in [-0.2, -0.15) is 5.26 Å². The predicted molar refractivity (Wildman–Crippen MR) is 84.8 cm³/mol. The third-order valence-electron chi connectivity index (χ3n) is 2.61. The summed E-state index contributed by atoms with van der Waals surface area (Å²) in [6.45, 7) is 3.64. The molecule has 122 valence electrons. The Morgan fingerprint density at radius 1 is 1.38 bits per heavy atom. The van der Waals surface area contributed by atoms with E-state index in [4.69, 9.17) is 10.00 Å². The summed E-state index contributed by atoms with van der Waals surface area (Å²) >= 11 is 0. The number of carbonyl (C=O) groups excluding carboxylic acids is 2. The molecular formula is C15H14N6O3. The van der Waals surface area contributed by atoms with Crippen molar-refractivity contribution in [2.24, 2.45) is 0 Å². The molecule has 0 atom stereocenters. The van der Waals surface area contributed by atoms with Gasteiger partial charge in [0.25, 0.3) is 0 Å². The Balaban J connectivity index is 2.11. The van der Waals surface area contributed by atoms with Crippen molar-refractivity contribution in [3.8, 4) is 11.8 Å². The van der Waals surface area contributed by atoms with Crippen molar-refractivity contribution in [3.05, 3.63) is 35.8 Å². The molecule has 0 aliphatic carbocycles. The number of aromatic nitrogens is 3. The Morgan fingerprint density at radius 3 is 2.83 bits per heavy atom. The highest BCUT2D eigenvalue weighted by Crippen LogP contribution is 2.21. The molecule has 0 aliphatic heterocycles. The van der Waals surface area contributed by atoms with Gasteiger partial charge in [-0.3, -0.25) is 15.4 Å². The maximum atomic E-state index is 11.9. The third-order valence-corrected chi connectivity index (χ3v) is 2.61. The molecule has 9 heteroatoms. The van der Waals surface area contributed by atoms with Crippen molar-refractivity contribution < 1.29 is 14.3 Å². The first-order valence-electron chi connectivity index (χ1n) is 6.95. The van der Waals surface area contributed by atoms with Gasteiger partial charge in [0.1, 0.15) is 28.9 Å². The van der Waals surface area contributed by atoms with Crippen LogP contribution in [-0.2, 0) is 0 Å². The van der Waals surface area contributed by atoms with E-state index in [1.165, 1.54) is 24.5 Å². The predicted octanol–water partition coefficient (Wildman–Crippen LogP) is 1.99. The minimum absolute atomic E-state index is 0.0237. The molecule has 0 saturated carbocycles. The summed E-state index contributed by atoms with van der Waals surface area (Å²) in [7, 11) is 0. The van der Waals surface area contributed by atoms with Crippen molar-refractivity contribution in [1.29, 1.82) is 5.26 Å². The molecule has 0 spiro atoms. The molecule has 2 aromatic heterocycles. The Morgan fingerprint density at radius 2 is 2.17 bits per heavy atom. The second-order valence-corrected chi connectivity index (χ2v) is 4.85. The highest BCUT2D eigenvalue weighted by atomic mass is 16.5. The number of hydrogen-bond acceptors (Lipinski definition) is 7. The summed E-state index contributed by atoms with van der Waals surface area (Å²) in [5.41, 5.74) is 0.404. The summed E-state index contributed by atoms with van der Waals surface area (Å²) in [5, 5.41) is 13.9. The zero-order chi connectivity index (χ0) is 17.5. The van der Waals surface area contributed by atoms with Gasteiger partial charge >= 0.3 is 6.03 Å². The average molecular weight is 326 g/mol. The zero-order valence-electron chi connectivity index (χ0n) is 13.0. The molecule has 24 heavy (non-hydrogen) atoms. The molecule has 0 saturated heterocycles. The van der Waals surface area contributed by atoms with Gasteiger partial charge in [0.05, 0.1) is 12.3 Å². The molecule has 9 nitrogen and oxygen atoms in total. The quantitative estimate of drug-likeness (QED) is 0.803. The second kappa shape index (κ2) is 7.64. The summed E-state index contributed by atoms with van der Waals surface area (Å²) in [4.78, 5) is 34.2. The summed E-state index contributed by atoms with van der Waals surface area (Å²) in [6, 6.07) is 4.17. The first kappa shape index (κ1) is 16.8. The lowest BCUT2D eigenvalue weighted by Crippen LogP contribution is -2.22. The van der Waals surface area contributed by atoms with Gasteiger partial charge in [-0.1, -0.05) is 0 Å². The number of aldehydes is 1. The number of amides is 2. The number of nitriles is 1. The standard InChI is InChI=1S/C15H14N6O3/c1-9(2)24-12-5-13(18-7-10(12)6-16)20-15(23)21-14-17-4-3-11(8-22)19-14/h3-5,7-9H,1-2H3,(H2,17,18,19,20,21,23). The fourth-order valence-electron chi connectivity index (χ4n) is 1.69. The Labute approximate surface area is 137 Å². The van der Waals surface area contributed by atoms with Crippen molar-refractivity contribution >= 4 is 24.1 Å². The van der Waals surface area contributed by atoms with Crippen LogP contribution in [0.4, 0.5) is 16.6 Å². The van der Waals surface area contributed by atoms with E-state index in [1.54, 1.807) is 0 Å². The number of nitrogens with one attached hydrogen (secondary N) is 2. The Kier molecular flexibility index (Phi) is 5.36. The molecule has 2 heterocycles. The fourth-order valence-corrected chi connectivity index (χ4v) is 1.69. The van der Waals surface area contributed by atoms with E-state index < -0.39 is 6.03 Å². The van der Waals surface area contributed by atoms with E-state index >= 15 is 0 Å². The van der Waals surface area contributed by atoms with E-state index in [9.17, 15) is 9.59 Å². The lowest BCUT2D eigenvalue weighted by molar-refractivity contribution is 0.111. The van der Waals surface area contributed by atoms with Crippen LogP contribution in [0.5, 0.6) is 5.75 Å². The number of carbonyl (C=O) groups is 2. The van der Waals surface area contributed by atoms with E-state index in [2.05, 4.69) is 25.6 Å². The average Bonchev–Trinajstić information content (AvgIpc) is 2.54. The van der Waals surface area contributed by atoms with Gasteiger partial charge in [0.2, 0.25) is 5.95 Å². The monoisotopic (exact) mass is 326 g/mol. The highest BCUT2D eigenvalue weighted by Gasteiger charge is 2.11. The van der Waals surface area contributed by atoms with Gasteiger partial charge in [0, 0.05) is 12.3 Å². The van der Waals surface area contributed by atoms with E-state index in [1.807, 2.05) is 19.9 Å². The normalized spacial score (nSPS) is 9.92. The molecule has 0 bridgehead atoms. The molecule has 2 rings (SSSR count). The number of rotatable bonds is 5. The molecule has 0 aromatic carbocycles. The molecule has 2 amide bonds. The fraction of sp³-hybridized carbons (Fsp3) is 0.200. The van der Waals surface area contributed by atoms with E-state index in [0.717, 1.165) is 0 Å². The van der Waals surface area contributed by atoms with Crippen LogP contribution in [0.25, 0.3) is 0 Å². The molecule has 0 aliphatic rings. The number of anilines is 2. The molecule has 0 unspecified atom stereocenters. The summed E-state index contributed by atoms with van der Waals surface area (Å²) in [6.07, 6.45) is 3.06. The van der Waals surface area contributed by atoms with Gasteiger partial charge in [-0.05, 0) is 19.9 Å². The van der Waals surface area contributed by atoms with Crippen LogP contribution in [0.1, 0.15) is 29.9 Å². The summed E-state index contributed by atoms with van der Waals surface area (Å²) in [5.74, 6) is 0.482. The first-order valence-corrected chi connectivity index (χ1v) is 6.95. The van der Waals surface area contributed by atoms with Crippen LogP contribution in [0.2, 0.25) is 0 Å². The second-order valence-electron chi connectivity index (χ2n) is 4.85. The van der Waals surface area contributed by atoms with E-state index in [-0.39, 0.29) is 29.1 Å². The van der Waals surface area contributed by atoms with Gasteiger partial charge in [-0.15, -0.1) is 0 Å². The smallest absolute Gasteiger partial charge is 0.327 e. The maximum absolute atomic E-state index is 11.9. The lowest BCUT2D eigenvalue weighted by Gasteiger charge is -2.12. The van der Waals surface area contributed by atoms with Crippen molar-refractivity contribution in [3.63, 3.8) is 0 Å².